The maximum atomic E-state index is 9.14. The average molecular weight is 412 g/mol. The topological polar surface area (TPSA) is 66.7 Å². The molecule has 1 aromatic carbocycles. The van der Waals surface area contributed by atoms with Crippen LogP contribution in [0.5, 0.6) is 5.75 Å². The van der Waals surface area contributed by atoms with Crippen molar-refractivity contribution in [3.8, 4) is 17.1 Å². The molecule has 142 valence electrons. The highest BCUT2D eigenvalue weighted by Gasteiger charge is 2.08. The average Bonchev–Trinajstić information content (AvgIpc) is 2.99. The highest BCUT2D eigenvalue weighted by molar-refractivity contribution is 6.32. The molecule has 0 radical (unpaired) electrons. The lowest BCUT2D eigenvalue weighted by Crippen LogP contribution is -2.31. The summed E-state index contributed by atoms with van der Waals surface area (Å²) in [5, 5.41) is 16.1. The van der Waals surface area contributed by atoms with E-state index in [1.807, 2.05) is 30.3 Å². The first-order valence-corrected chi connectivity index (χ1v) is 8.00. The van der Waals surface area contributed by atoms with Gasteiger partial charge in [-0.05, 0) is 37.3 Å². The van der Waals surface area contributed by atoms with Gasteiger partial charge >= 0.3 is 0 Å². The molecule has 3 N–H and O–H groups in total. The molecule has 2 rings (SSSR count). The van der Waals surface area contributed by atoms with Crippen molar-refractivity contribution in [3.63, 3.8) is 0 Å². The second-order valence-electron chi connectivity index (χ2n) is 5.35. The number of furan rings is 1. The van der Waals surface area contributed by atoms with E-state index >= 15 is 0 Å². The molecular weight excluding hydrogens is 387 g/mol. The van der Waals surface area contributed by atoms with E-state index in [9.17, 15) is 0 Å². The molecule has 0 saturated carbocycles. The first-order valence-electron chi connectivity index (χ1n) is 7.62. The SMILES string of the molecule is COc1ccc(-c2ccc(CNCCNCC(C)O)o2)cc1Cl.Cl.Cl. The second-order valence-corrected chi connectivity index (χ2v) is 5.75. The maximum Gasteiger partial charge on any atom is 0.137 e. The molecule has 0 saturated heterocycles. The largest absolute Gasteiger partial charge is 0.495 e. The quantitative estimate of drug-likeness (QED) is 0.551. The van der Waals surface area contributed by atoms with Crippen molar-refractivity contribution in [2.24, 2.45) is 0 Å². The van der Waals surface area contributed by atoms with Crippen molar-refractivity contribution in [1.82, 2.24) is 10.6 Å². The highest BCUT2D eigenvalue weighted by Crippen LogP contribution is 2.30. The molecule has 2 aromatic rings. The number of benzene rings is 1. The Morgan fingerprint density at radius 3 is 2.52 bits per heavy atom. The zero-order valence-corrected chi connectivity index (χ0v) is 16.6. The molecule has 0 aliphatic heterocycles. The smallest absolute Gasteiger partial charge is 0.137 e. The second kappa shape index (κ2) is 12.4. The summed E-state index contributed by atoms with van der Waals surface area (Å²) in [7, 11) is 1.59. The minimum Gasteiger partial charge on any atom is -0.495 e. The number of aliphatic hydroxyl groups excluding tert-OH is 1. The van der Waals surface area contributed by atoms with Gasteiger partial charge in [0.15, 0.2) is 0 Å². The standard InChI is InChI=1S/C17H23ClN2O3.2ClH/c1-12(21)10-19-7-8-20-11-14-4-6-16(23-14)13-3-5-17(22-2)15(18)9-13;;/h3-6,9,12,19-21H,7-8,10-11H2,1-2H3;2*1H. The third kappa shape index (κ3) is 7.86. The third-order valence-corrected chi connectivity index (χ3v) is 3.61. The van der Waals surface area contributed by atoms with Gasteiger partial charge in [-0.15, -0.1) is 24.8 Å². The number of methoxy groups -OCH3 is 1. The Bertz CT molecular complexity index is 621. The van der Waals surface area contributed by atoms with Gasteiger partial charge < -0.3 is 24.9 Å². The molecule has 1 atom stereocenters. The monoisotopic (exact) mass is 410 g/mol. The van der Waals surface area contributed by atoms with Gasteiger partial charge in [-0.1, -0.05) is 11.6 Å². The van der Waals surface area contributed by atoms with Gasteiger partial charge in [0, 0.05) is 25.2 Å². The summed E-state index contributed by atoms with van der Waals surface area (Å²) >= 11 is 6.14. The molecule has 1 aromatic heterocycles. The van der Waals surface area contributed by atoms with Crippen LogP contribution in [0.1, 0.15) is 12.7 Å². The highest BCUT2D eigenvalue weighted by atomic mass is 35.5. The van der Waals surface area contributed by atoms with Gasteiger partial charge in [-0.25, -0.2) is 0 Å². The van der Waals surface area contributed by atoms with Crippen LogP contribution >= 0.6 is 36.4 Å². The Morgan fingerprint density at radius 1 is 1.16 bits per heavy atom. The number of hydrogen-bond acceptors (Lipinski definition) is 5. The Morgan fingerprint density at radius 2 is 1.88 bits per heavy atom. The molecule has 0 bridgehead atoms. The van der Waals surface area contributed by atoms with E-state index in [4.69, 9.17) is 25.9 Å². The molecule has 0 fully saturated rings. The molecule has 1 unspecified atom stereocenters. The Hall–Kier alpha value is -0.950. The lowest BCUT2D eigenvalue weighted by atomic mass is 10.2. The zero-order chi connectivity index (χ0) is 16.7. The summed E-state index contributed by atoms with van der Waals surface area (Å²) in [5.74, 6) is 2.29. The predicted octanol–water partition coefficient (Wildman–Crippen LogP) is 3.51. The van der Waals surface area contributed by atoms with E-state index in [2.05, 4.69) is 10.6 Å². The molecule has 0 aliphatic carbocycles. The van der Waals surface area contributed by atoms with Crippen molar-refractivity contribution in [2.75, 3.05) is 26.7 Å². The lowest BCUT2D eigenvalue weighted by molar-refractivity contribution is 0.191. The minimum absolute atomic E-state index is 0. The van der Waals surface area contributed by atoms with Crippen molar-refractivity contribution in [3.05, 3.63) is 41.1 Å². The molecule has 0 amide bonds. The summed E-state index contributed by atoms with van der Waals surface area (Å²) in [6.07, 6.45) is -0.320. The van der Waals surface area contributed by atoms with Crippen LogP contribution in [0.25, 0.3) is 11.3 Å². The minimum atomic E-state index is -0.320. The summed E-state index contributed by atoms with van der Waals surface area (Å²) in [6, 6.07) is 9.45. The van der Waals surface area contributed by atoms with E-state index in [0.717, 1.165) is 30.2 Å². The Labute approximate surface area is 165 Å². The van der Waals surface area contributed by atoms with Crippen LogP contribution < -0.4 is 15.4 Å². The fourth-order valence-corrected chi connectivity index (χ4v) is 2.40. The van der Waals surface area contributed by atoms with E-state index in [0.29, 0.717) is 23.9 Å². The van der Waals surface area contributed by atoms with Gasteiger partial charge in [0.2, 0.25) is 0 Å². The summed E-state index contributed by atoms with van der Waals surface area (Å²) in [5.41, 5.74) is 0.917. The van der Waals surface area contributed by atoms with Crippen LogP contribution in [0.15, 0.2) is 34.7 Å². The van der Waals surface area contributed by atoms with Crippen LogP contribution in [0.3, 0.4) is 0 Å². The Kier molecular flexibility index (Phi) is 11.9. The Balaban J connectivity index is 0.00000288. The molecular formula is C17H25Cl3N2O3. The number of halogens is 3. The summed E-state index contributed by atoms with van der Waals surface area (Å²) in [4.78, 5) is 0. The van der Waals surface area contributed by atoms with Gasteiger partial charge in [0.05, 0.1) is 24.8 Å². The van der Waals surface area contributed by atoms with Crippen molar-refractivity contribution in [1.29, 1.82) is 0 Å². The molecule has 5 nitrogen and oxygen atoms in total. The number of nitrogens with one attached hydrogen (secondary N) is 2. The molecule has 8 heteroatoms. The van der Waals surface area contributed by atoms with E-state index in [-0.39, 0.29) is 30.9 Å². The molecule has 0 aliphatic rings. The number of ether oxygens (including phenoxy) is 1. The van der Waals surface area contributed by atoms with Gasteiger partial charge in [0.25, 0.3) is 0 Å². The molecule has 25 heavy (non-hydrogen) atoms. The van der Waals surface area contributed by atoms with E-state index in [1.165, 1.54) is 0 Å². The first-order chi connectivity index (χ1) is 11.1. The third-order valence-electron chi connectivity index (χ3n) is 3.32. The first kappa shape index (κ1) is 24.1. The summed E-state index contributed by atoms with van der Waals surface area (Å²) < 4.78 is 11.0. The molecule has 0 spiro atoms. The fraction of sp³-hybridized carbons (Fsp3) is 0.412. The fourth-order valence-electron chi connectivity index (χ4n) is 2.15. The predicted molar refractivity (Wildman–Crippen MR) is 106 cm³/mol. The van der Waals surface area contributed by atoms with Crippen molar-refractivity contribution in [2.45, 2.75) is 19.6 Å². The van der Waals surface area contributed by atoms with Crippen LogP contribution in [-0.4, -0.2) is 38.0 Å². The van der Waals surface area contributed by atoms with Crippen molar-refractivity contribution < 1.29 is 14.3 Å². The summed E-state index contributed by atoms with van der Waals surface area (Å²) in [6.45, 7) is 4.62. The number of rotatable bonds is 9. The zero-order valence-electron chi connectivity index (χ0n) is 14.3. The number of aliphatic hydroxyl groups is 1. The lowest BCUT2D eigenvalue weighted by Gasteiger charge is -2.07. The maximum absolute atomic E-state index is 9.14. The van der Waals surface area contributed by atoms with Gasteiger partial charge in [-0.2, -0.15) is 0 Å². The van der Waals surface area contributed by atoms with Crippen LogP contribution in [-0.2, 0) is 6.54 Å². The van der Waals surface area contributed by atoms with E-state index in [1.54, 1.807) is 14.0 Å². The van der Waals surface area contributed by atoms with Gasteiger partial charge in [-0.3, -0.25) is 0 Å². The van der Waals surface area contributed by atoms with E-state index < -0.39 is 0 Å². The molecule has 1 heterocycles. The van der Waals surface area contributed by atoms with Gasteiger partial charge in [0.1, 0.15) is 17.3 Å². The van der Waals surface area contributed by atoms with Crippen LogP contribution in [0, 0.1) is 0 Å². The van der Waals surface area contributed by atoms with Crippen LogP contribution in [0.4, 0.5) is 0 Å². The van der Waals surface area contributed by atoms with Crippen molar-refractivity contribution >= 4 is 36.4 Å². The number of hydrogen-bond donors (Lipinski definition) is 3. The van der Waals surface area contributed by atoms with Crippen LogP contribution in [0.2, 0.25) is 5.02 Å². The normalized spacial score (nSPS) is 11.4.